The van der Waals surface area contributed by atoms with Gasteiger partial charge in [0.2, 0.25) is 0 Å². The van der Waals surface area contributed by atoms with Crippen LogP contribution in [0.15, 0.2) is 42.5 Å². The van der Waals surface area contributed by atoms with Gasteiger partial charge in [-0.1, -0.05) is 26.0 Å². The van der Waals surface area contributed by atoms with E-state index in [1.165, 1.54) is 17.7 Å². The molecule has 1 fully saturated rings. The van der Waals surface area contributed by atoms with Gasteiger partial charge in [-0.25, -0.2) is 4.79 Å². The van der Waals surface area contributed by atoms with Crippen LogP contribution in [-0.4, -0.2) is 40.1 Å². The lowest BCUT2D eigenvalue weighted by molar-refractivity contribution is 0.0149. The second-order valence-corrected chi connectivity index (χ2v) is 8.89. The van der Waals surface area contributed by atoms with Crippen molar-refractivity contribution in [1.29, 1.82) is 0 Å². The van der Waals surface area contributed by atoms with Crippen LogP contribution in [0.5, 0.6) is 5.75 Å². The molecule has 0 saturated heterocycles. The lowest BCUT2D eigenvalue weighted by atomic mass is 9.54. The fraction of sp³-hybridized carbons (Fsp3) is 0.417. The van der Waals surface area contributed by atoms with Crippen molar-refractivity contribution in [1.82, 2.24) is 4.90 Å². The maximum absolute atomic E-state index is 13.4. The molecular weight excluding hydrogens is 366 g/mol. The number of carboxylic acids is 1. The van der Waals surface area contributed by atoms with E-state index in [2.05, 4.69) is 13.8 Å². The number of rotatable bonds is 3. The van der Waals surface area contributed by atoms with Gasteiger partial charge in [0.25, 0.3) is 5.91 Å². The van der Waals surface area contributed by atoms with E-state index in [1.54, 1.807) is 18.2 Å². The van der Waals surface area contributed by atoms with Crippen molar-refractivity contribution >= 4 is 11.9 Å². The number of carbonyl (C=O) groups is 2. The van der Waals surface area contributed by atoms with Gasteiger partial charge >= 0.3 is 5.97 Å². The standard InChI is InChI=1S/C24H27NO4/c1-14-9-10-24(2)20-13-18(26)8-7-15(20)12-19(14)21(24)25(3)22(27)16-5-4-6-17(11-16)23(28)29/h4-8,11,13-14,19,21,26H,9-10,12H2,1-3H3,(H,28,29)/t14?,19-,21+,24+/m0/s1. The van der Waals surface area contributed by atoms with Crippen molar-refractivity contribution in [2.24, 2.45) is 11.8 Å². The van der Waals surface area contributed by atoms with Crippen LogP contribution in [0, 0.1) is 11.8 Å². The van der Waals surface area contributed by atoms with Crippen LogP contribution in [0.3, 0.4) is 0 Å². The summed E-state index contributed by atoms with van der Waals surface area (Å²) >= 11 is 0. The van der Waals surface area contributed by atoms with Crippen molar-refractivity contribution in [3.63, 3.8) is 0 Å². The number of phenols is 1. The fourth-order valence-corrected chi connectivity index (χ4v) is 5.64. The number of carbonyl (C=O) groups excluding carboxylic acids is 1. The van der Waals surface area contributed by atoms with Crippen molar-refractivity contribution in [2.75, 3.05) is 7.05 Å². The zero-order valence-electron chi connectivity index (χ0n) is 17.1. The Bertz CT molecular complexity index is 985. The Labute approximate surface area is 171 Å². The van der Waals surface area contributed by atoms with Crippen LogP contribution in [0.1, 0.15) is 58.5 Å². The summed E-state index contributed by atoms with van der Waals surface area (Å²) in [7, 11) is 1.83. The molecule has 0 heterocycles. The number of carboxylic acid groups (broad SMARTS) is 1. The molecule has 29 heavy (non-hydrogen) atoms. The van der Waals surface area contributed by atoms with E-state index in [0.29, 0.717) is 17.4 Å². The van der Waals surface area contributed by atoms with Crippen molar-refractivity contribution in [3.05, 3.63) is 64.7 Å². The predicted octanol–water partition coefficient (Wildman–Crippen LogP) is 4.09. The Hall–Kier alpha value is -2.82. The Morgan fingerprint density at radius 2 is 1.86 bits per heavy atom. The van der Waals surface area contributed by atoms with Gasteiger partial charge in [-0.15, -0.1) is 0 Å². The molecule has 0 radical (unpaired) electrons. The first-order valence-electron chi connectivity index (χ1n) is 10.2. The number of phenolic OH excluding ortho intramolecular Hbond substituents is 1. The number of aromatic carboxylic acids is 1. The van der Waals surface area contributed by atoms with Crippen molar-refractivity contribution < 1.29 is 19.8 Å². The highest BCUT2D eigenvalue weighted by atomic mass is 16.4. The quantitative estimate of drug-likeness (QED) is 0.823. The molecule has 0 aromatic heterocycles. The minimum atomic E-state index is -1.04. The number of fused-ring (bicyclic) bond motifs is 4. The van der Waals surface area contributed by atoms with E-state index in [-0.39, 0.29) is 28.7 Å². The predicted molar refractivity (Wildman–Crippen MR) is 110 cm³/mol. The zero-order valence-corrected chi connectivity index (χ0v) is 17.1. The van der Waals surface area contributed by atoms with Crippen LogP contribution in [0.25, 0.3) is 0 Å². The SMILES string of the molecule is CC1CC[C@]2(C)c3cc(O)ccc3C[C@@H]1[C@H]2N(C)C(=O)c1cccc(C(=O)O)c1. The highest BCUT2D eigenvalue weighted by Crippen LogP contribution is 2.53. The highest BCUT2D eigenvalue weighted by Gasteiger charge is 2.52. The summed E-state index contributed by atoms with van der Waals surface area (Å²) in [6.07, 6.45) is 2.91. The summed E-state index contributed by atoms with van der Waals surface area (Å²) in [6.45, 7) is 4.46. The van der Waals surface area contributed by atoms with Crippen molar-refractivity contribution in [2.45, 2.75) is 44.6 Å². The number of hydrogen-bond acceptors (Lipinski definition) is 3. The molecule has 0 aliphatic heterocycles. The van der Waals surface area contributed by atoms with E-state index in [1.807, 2.05) is 24.1 Å². The Morgan fingerprint density at radius 3 is 2.59 bits per heavy atom. The fourth-order valence-electron chi connectivity index (χ4n) is 5.64. The van der Waals surface area contributed by atoms with Gasteiger partial charge in [-0.2, -0.15) is 0 Å². The third kappa shape index (κ3) is 3.09. The maximum Gasteiger partial charge on any atom is 0.335 e. The minimum Gasteiger partial charge on any atom is -0.508 e. The van der Waals surface area contributed by atoms with Gasteiger partial charge in [0.15, 0.2) is 0 Å². The molecule has 2 aliphatic rings. The molecule has 2 aromatic rings. The lowest BCUT2D eigenvalue weighted by Gasteiger charge is -2.56. The van der Waals surface area contributed by atoms with E-state index in [9.17, 15) is 19.8 Å². The van der Waals surface area contributed by atoms with E-state index < -0.39 is 5.97 Å². The molecule has 4 rings (SSSR count). The van der Waals surface area contributed by atoms with Gasteiger partial charge in [0, 0.05) is 24.1 Å². The number of nitrogens with zero attached hydrogens (tertiary/aromatic N) is 1. The lowest BCUT2D eigenvalue weighted by Crippen LogP contribution is -2.60. The Morgan fingerprint density at radius 1 is 1.14 bits per heavy atom. The second-order valence-electron chi connectivity index (χ2n) is 8.89. The average Bonchev–Trinajstić information content (AvgIpc) is 2.70. The topological polar surface area (TPSA) is 77.8 Å². The molecule has 2 aromatic carbocycles. The Balaban J connectivity index is 1.76. The molecule has 1 amide bonds. The summed E-state index contributed by atoms with van der Waals surface area (Å²) < 4.78 is 0. The molecule has 1 saturated carbocycles. The van der Waals surface area contributed by atoms with Crippen LogP contribution < -0.4 is 0 Å². The summed E-state index contributed by atoms with van der Waals surface area (Å²) in [5.41, 5.74) is 2.64. The molecule has 2 N–H and O–H groups in total. The smallest absolute Gasteiger partial charge is 0.335 e. The largest absolute Gasteiger partial charge is 0.508 e. The summed E-state index contributed by atoms with van der Waals surface area (Å²) in [5.74, 6) is -0.143. The van der Waals surface area contributed by atoms with Crippen LogP contribution in [0.2, 0.25) is 0 Å². The van der Waals surface area contributed by atoms with Crippen LogP contribution >= 0.6 is 0 Å². The van der Waals surface area contributed by atoms with Crippen LogP contribution in [0.4, 0.5) is 0 Å². The normalized spacial score (nSPS) is 27.8. The number of likely N-dealkylation sites (N-methyl/N-ethyl adjacent to an activating group) is 1. The summed E-state index contributed by atoms with van der Waals surface area (Å²) in [6, 6.07) is 11.8. The molecular formula is C24H27NO4. The van der Waals surface area contributed by atoms with Gasteiger partial charge in [0.05, 0.1) is 5.56 Å². The Kier molecular flexibility index (Phi) is 4.64. The van der Waals surface area contributed by atoms with Crippen molar-refractivity contribution in [3.8, 4) is 5.75 Å². The van der Waals surface area contributed by atoms with Gasteiger partial charge in [-0.3, -0.25) is 4.79 Å². The highest BCUT2D eigenvalue weighted by molar-refractivity contribution is 5.97. The van der Waals surface area contributed by atoms with Gasteiger partial charge in [0.1, 0.15) is 5.75 Å². The number of amides is 1. The number of hydrogen-bond donors (Lipinski definition) is 2. The van der Waals surface area contributed by atoms with Crippen LogP contribution in [-0.2, 0) is 11.8 Å². The van der Waals surface area contributed by atoms with E-state index in [4.69, 9.17) is 0 Å². The first-order chi connectivity index (χ1) is 13.7. The number of benzene rings is 2. The molecule has 5 nitrogen and oxygen atoms in total. The second kappa shape index (κ2) is 6.90. The molecule has 2 aliphatic carbocycles. The number of aromatic hydroxyl groups is 1. The monoisotopic (exact) mass is 393 g/mol. The third-order valence-corrected chi connectivity index (χ3v) is 7.17. The molecule has 1 unspecified atom stereocenters. The average molecular weight is 393 g/mol. The van der Waals surface area contributed by atoms with E-state index >= 15 is 0 Å². The molecule has 152 valence electrons. The van der Waals surface area contributed by atoms with Gasteiger partial charge in [-0.05, 0) is 72.6 Å². The van der Waals surface area contributed by atoms with Gasteiger partial charge < -0.3 is 15.1 Å². The molecule has 5 heteroatoms. The zero-order chi connectivity index (χ0) is 20.9. The molecule has 2 bridgehead atoms. The first kappa shape index (κ1) is 19.5. The molecule has 0 spiro atoms. The molecule has 4 atom stereocenters. The van der Waals surface area contributed by atoms with E-state index in [0.717, 1.165) is 24.8 Å². The minimum absolute atomic E-state index is 0.0125. The third-order valence-electron chi connectivity index (χ3n) is 7.17. The first-order valence-corrected chi connectivity index (χ1v) is 10.2. The maximum atomic E-state index is 13.4. The summed E-state index contributed by atoms with van der Waals surface area (Å²) in [5, 5.41) is 19.4. The summed E-state index contributed by atoms with van der Waals surface area (Å²) in [4.78, 5) is 26.5.